The van der Waals surface area contributed by atoms with Gasteiger partial charge < -0.3 is 35.6 Å². The number of ether oxygens (including phenoxy) is 2. The van der Waals surface area contributed by atoms with Crippen LogP contribution in [0.4, 0.5) is 0 Å². The van der Waals surface area contributed by atoms with Gasteiger partial charge in [0.25, 0.3) is 5.91 Å². The molecule has 4 rings (SSSR count). The van der Waals surface area contributed by atoms with Gasteiger partial charge in [0.05, 0.1) is 36.8 Å². The molecule has 0 radical (unpaired) electrons. The van der Waals surface area contributed by atoms with Gasteiger partial charge in [-0.1, -0.05) is 49.4 Å². The SMILES string of the molecule is CC1OC(=O)C(C2COC2)NC(=O)C(C)C(O)C(Cc2ccccc2)NC(=O)C1NC(=O)c1ccccc1O. The minimum Gasteiger partial charge on any atom is -0.507 e. The lowest BCUT2D eigenvalue weighted by Gasteiger charge is -2.37. The lowest BCUT2D eigenvalue weighted by molar-refractivity contribution is -0.163. The molecule has 2 fully saturated rings. The van der Waals surface area contributed by atoms with Gasteiger partial charge in [0, 0.05) is 5.92 Å². The number of cyclic esters (lactones) is 1. The molecule has 0 aliphatic carbocycles. The number of aliphatic hydroxyl groups is 1. The van der Waals surface area contributed by atoms with E-state index in [9.17, 15) is 29.4 Å². The molecule has 6 unspecified atom stereocenters. The molecule has 208 valence electrons. The van der Waals surface area contributed by atoms with Crippen LogP contribution >= 0.6 is 0 Å². The molecule has 2 aromatic carbocycles. The Labute approximate surface area is 225 Å². The van der Waals surface area contributed by atoms with Crippen LogP contribution in [0, 0.1) is 11.8 Å². The van der Waals surface area contributed by atoms with E-state index in [1.54, 1.807) is 12.1 Å². The number of para-hydroxylation sites is 1. The number of phenols is 1. The summed E-state index contributed by atoms with van der Waals surface area (Å²) < 4.78 is 10.8. The predicted octanol–water partition coefficient (Wildman–Crippen LogP) is 0.292. The van der Waals surface area contributed by atoms with Crippen LogP contribution in [0.15, 0.2) is 54.6 Å². The first-order valence-electron chi connectivity index (χ1n) is 12.9. The van der Waals surface area contributed by atoms with Crippen molar-refractivity contribution in [3.05, 3.63) is 65.7 Å². The molecule has 39 heavy (non-hydrogen) atoms. The molecule has 6 atom stereocenters. The van der Waals surface area contributed by atoms with E-state index in [4.69, 9.17) is 9.47 Å². The molecule has 2 aliphatic rings. The molecule has 11 heteroatoms. The number of nitrogens with one attached hydrogen (secondary N) is 3. The topological polar surface area (TPSA) is 163 Å². The standard InChI is InChI=1S/C28H33N3O8/c1-15-24(33)20(12-17-8-4-3-5-9-17)29-27(36)22(30-26(35)19-10-6-7-11-21(19)32)16(2)39-28(37)23(31-25(15)34)18-13-38-14-18/h3-11,15-16,18,20,22-24,32-33H,12-14H2,1-2H3,(H,29,36)(H,30,35)(H,31,34). The number of carbonyl (C=O) groups is 4. The summed E-state index contributed by atoms with van der Waals surface area (Å²) in [6, 6.07) is 11.6. The highest BCUT2D eigenvalue weighted by molar-refractivity contribution is 6.00. The molecule has 5 N–H and O–H groups in total. The molecule has 11 nitrogen and oxygen atoms in total. The molecule has 2 aromatic rings. The molecule has 0 aromatic heterocycles. The van der Waals surface area contributed by atoms with Gasteiger partial charge in [-0.25, -0.2) is 4.79 Å². The Kier molecular flexibility index (Phi) is 8.82. The van der Waals surface area contributed by atoms with Crippen molar-refractivity contribution in [2.45, 2.75) is 50.6 Å². The van der Waals surface area contributed by atoms with Crippen molar-refractivity contribution in [1.29, 1.82) is 0 Å². The number of hydrogen-bond donors (Lipinski definition) is 5. The summed E-state index contributed by atoms with van der Waals surface area (Å²) >= 11 is 0. The van der Waals surface area contributed by atoms with E-state index in [2.05, 4.69) is 16.0 Å². The number of esters is 1. The van der Waals surface area contributed by atoms with Crippen LogP contribution in [-0.2, 0) is 30.3 Å². The zero-order chi connectivity index (χ0) is 28.1. The van der Waals surface area contributed by atoms with Gasteiger partial charge in [-0.05, 0) is 31.0 Å². The molecule has 2 aliphatic heterocycles. The Morgan fingerprint density at radius 2 is 1.64 bits per heavy atom. The van der Waals surface area contributed by atoms with E-state index in [1.165, 1.54) is 26.0 Å². The first kappa shape index (κ1) is 28.1. The minimum atomic E-state index is -1.38. The van der Waals surface area contributed by atoms with Crippen molar-refractivity contribution in [3.63, 3.8) is 0 Å². The molecular weight excluding hydrogens is 506 g/mol. The van der Waals surface area contributed by atoms with Crippen LogP contribution in [-0.4, -0.2) is 77.5 Å². The van der Waals surface area contributed by atoms with Gasteiger partial charge in [0.1, 0.15) is 23.9 Å². The third-order valence-corrected chi connectivity index (χ3v) is 7.14. The molecule has 0 saturated carbocycles. The molecule has 2 saturated heterocycles. The van der Waals surface area contributed by atoms with E-state index in [0.717, 1.165) is 5.56 Å². The fourth-order valence-electron chi connectivity index (χ4n) is 4.61. The third-order valence-electron chi connectivity index (χ3n) is 7.14. The highest BCUT2D eigenvalue weighted by Crippen LogP contribution is 2.21. The third kappa shape index (κ3) is 6.55. The number of aliphatic hydroxyl groups excluding tert-OH is 1. The molecule has 0 bridgehead atoms. The predicted molar refractivity (Wildman–Crippen MR) is 138 cm³/mol. The number of phenolic OH excluding ortho intramolecular Hbond substituents is 1. The van der Waals surface area contributed by atoms with Gasteiger partial charge in [0.15, 0.2) is 0 Å². The number of amides is 3. The van der Waals surface area contributed by atoms with E-state index >= 15 is 0 Å². The van der Waals surface area contributed by atoms with Gasteiger partial charge >= 0.3 is 5.97 Å². The second-order valence-corrected chi connectivity index (χ2v) is 9.98. The summed E-state index contributed by atoms with van der Waals surface area (Å²) in [5, 5.41) is 29.4. The maximum Gasteiger partial charge on any atom is 0.329 e. The summed E-state index contributed by atoms with van der Waals surface area (Å²) in [6.45, 7) is 3.42. The second-order valence-electron chi connectivity index (χ2n) is 9.98. The maximum absolute atomic E-state index is 13.6. The van der Waals surface area contributed by atoms with E-state index in [0.29, 0.717) is 0 Å². The monoisotopic (exact) mass is 539 g/mol. The van der Waals surface area contributed by atoms with Crippen molar-refractivity contribution in [1.82, 2.24) is 16.0 Å². The van der Waals surface area contributed by atoms with Crippen LogP contribution < -0.4 is 16.0 Å². The fourth-order valence-corrected chi connectivity index (χ4v) is 4.61. The molecular formula is C28H33N3O8. The zero-order valence-electron chi connectivity index (χ0n) is 21.7. The normalized spacial score (nSPS) is 28.5. The van der Waals surface area contributed by atoms with E-state index in [-0.39, 0.29) is 36.9 Å². The zero-order valence-corrected chi connectivity index (χ0v) is 21.7. The van der Waals surface area contributed by atoms with Crippen LogP contribution in [0.2, 0.25) is 0 Å². The summed E-state index contributed by atoms with van der Waals surface area (Å²) in [6.07, 6.45) is -2.30. The number of benzene rings is 2. The van der Waals surface area contributed by atoms with Crippen molar-refractivity contribution in [2.24, 2.45) is 11.8 Å². The van der Waals surface area contributed by atoms with Gasteiger partial charge in [-0.2, -0.15) is 0 Å². The largest absolute Gasteiger partial charge is 0.507 e. The Morgan fingerprint density at radius 3 is 2.28 bits per heavy atom. The van der Waals surface area contributed by atoms with Crippen molar-refractivity contribution < 1.29 is 38.9 Å². The number of hydrogen-bond acceptors (Lipinski definition) is 8. The van der Waals surface area contributed by atoms with Crippen molar-refractivity contribution in [3.8, 4) is 5.75 Å². The number of aromatic hydroxyl groups is 1. The molecule has 2 heterocycles. The number of carbonyl (C=O) groups excluding carboxylic acids is 4. The van der Waals surface area contributed by atoms with Crippen LogP contribution in [0.5, 0.6) is 5.75 Å². The minimum absolute atomic E-state index is 0.0683. The van der Waals surface area contributed by atoms with Gasteiger partial charge in [-0.3, -0.25) is 14.4 Å². The summed E-state index contributed by atoms with van der Waals surface area (Å²) in [7, 11) is 0. The summed E-state index contributed by atoms with van der Waals surface area (Å²) in [5.74, 6) is -4.47. The lowest BCUT2D eigenvalue weighted by atomic mass is 9.90. The smallest absolute Gasteiger partial charge is 0.329 e. The first-order valence-corrected chi connectivity index (χ1v) is 12.9. The average molecular weight is 540 g/mol. The van der Waals surface area contributed by atoms with Crippen molar-refractivity contribution in [2.75, 3.05) is 13.2 Å². The average Bonchev–Trinajstić information content (AvgIpc) is 2.89. The maximum atomic E-state index is 13.6. The highest BCUT2D eigenvalue weighted by atomic mass is 16.5. The van der Waals surface area contributed by atoms with Crippen LogP contribution in [0.3, 0.4) is 0 Å². The molecule has 3 amide bonds. The van der Waals surface area contributed by atoms with Crippen molar-refractivity contribution >= 4 is 23.7 Å². The Bertz CT molecular complexity index is 1200. The van der Waals surface area contributed by atoms with Crippen LogP contribution in [0.25, 0.3) is 0 Å². The summed E-state index contributed by atoms with van der Waals surface area (Å²) in [5.41, 5.74) is 0.738. The van der Waals surface area contributed by atoms with E-state index < -0.39 is 59.9 Å². The number of rotatable bonds is 5. The first-order chi connectivity index (χ1) is 18.7. The van der Waals surface area contributed by atoms with Gasteiger partial charge in [-0.15, -0.1) is 0 Å². The summed E-state index contributed by atoms with van der Waals surface area (Å²) in [4.78, 5) is 52.9. The highest BCUT2D eigenvalue weighted by Gasteiger charge is 2.42. The van der Waals surface area contributed by atoms with Gasteiger partial charge in [0.2, 0.25) is 11.8 Å². The Balaban J connectivity index is 1.67. The Hall–Kier alpha value is -3.96. The Morgan fingerprint density at radius 1 is 0.974 bits per heavy atom. The van der Waals surface area contributed by atoms with Crippen LogP contribution in [0.1, 0.15) is 29.8 Å². The fraction of sp³-hybridized carbons (Fsp3) is 0.429. The quantitative estimate of drug-likeness (QED) is 0.339. The lowest BCUT2D eigenvalue weighted by Crippen LogP contribution is -2.62. The second kappa shape index (κ2) is 12.3. The van der Waals surface area contributed by atoms with E-state index in [1.807, 2.05) is 30.3 Å². The molecule has 0 spiro atoms.